The van der Waals surface area contributed by atoms with Crippen LogP contribution in [0.2, 0.25) is 0 Å². The van der Waals surface area contributed by atoms with Crippen molar-refractivity contribution < 1.29 is 43.3 Å². The number of likely N-dealkylation sites (tertiary alicyclic amines) is 1. The van der Waals surface area contributed by atoms with Gasteiger partial charge in [0, 0.05) is 13.1 Å². The number of nitrogens with zero attached hydrogens (tertiary/aromatic N) is 2. The lowest BCUT2D eigenvalue weighted by atomic mass is 9.84. The Bertz CT molecular complexity index is 1620. The summed E-state index contributed by atoms with van der Waals surface area (Å²) in [5.74, 6) is -6.88. The van der Waals surface area contributed by atoms with Gasteiger partial charge in [0.1, 0.15) is 31.8 Å². The summed E-state index contributed by atoms with van der Waals surface area (Å²) in [6, 6.07) is 24.6. The Hall–Kier alpha value is -5.92. The minimum absolute atomic E-state index is 0.0650. The van der Waals surface area contributed by atoms with Crippen LogP contribution >= 0.6 is 0 Å². The van der Waals surface area contributed by atoms with Crippen LogP contribution in [0.15, 0.2) is 96.0 Å². The second kappa shape index (κ2) is 17.3. The molecule has 3 atom stereocenters. The van der Waals surface area contributed by atoms with Crippen LogP contribution in [0.3, 0.4) is 0 Å². The molecule has 1 unspecified atom stereocenters. The molecule has 3 aromatic carbocycles. The predicted molar refractivity (Wildman–Crippen MR) is 176 cm³/mol. The van der Waals surface area contributed by atoms with E-state index >= 15 is 0 Å². The molecule has 49 heavy (non-hydrogen) atoms. The zero-order valence-corrected chi connectivity index (χ0v) is 26.7. The fraction of sp³-hybridized carbons (Fsp3) is 0.314. The number of hydrogen-bond donors (Lipinski definition) is 4. The average Bonchev–Trinajstić information content (AvgIpc) is 3.53. The standard InChI is InChI=1S/C35H39N5O9/c36-33(37)38-19-10-17-28(39-34(46)49-23-26-15-8-3-9-16-26)29(41)40-20-18-27(30(42)47-21-24-11-4-1-5-12-24)35(40,31(43)44)32(45)48-22-25-13-6-2-7-14-25/h1-9,11-16,27-28H,10,17-23H2,(H,39,46)(H,43,44)(H4,36,37,38)/t27?,28-,35-/m0/s1. The molecule has 14 nitrogen and oxygen atoms in total. The van der Waals surface area contributed by atoms with Crippen LogP contribution in [0.4, 0.5) is 4.79 Å². The van der Waals surface area contributed by atoms with Crippen LogP contribution in [0.1, 0.15) is 36.0 Å². The normalized spacial score (nSPS) is 17.3. The molecule has 1 aliphatic heterocycles. The highest BCUT2D eigenvalue weighted by molar-refractivity contribution is 6.11. The van der Waals surface area contributed by atoms with Crippen molar-refractivity contribution in [3.05, 3.63) is 108 Å². The van der Waals surface area contributed by atoms with E-state index in [1.165, 1.54) is 0 Å². The molecule has 0 bridgehead atoms. The van der Waals surface area contributed by atoms with Crippen molar-refractivity contribution in [1.82, 2.24) is 10.2 Å². The van der Waals surface area contributed by atoms with Crippen LogP contribution in [-0.4, -0.2) is 70.5 Å². The molecule has 6 N–H and O–H groups in total. The van der Waals surface area contributed by atoms with Crippen molar-refractivity contribution in [2.24, 2.45) is 22.4 Å². The SMILES string of the molecule is NC(N)=NCCC[C@H](NC(=O)OCc1ccccc1)C(=O)N1CCC(C(=O)OCc2ccccc2)[C@]1(C(=O)O)C(=O)OCc1ccccc1. The van der Waals surface area contributed by atoms with E-state index in [2.05, 4.69) is 10.3 Å². The summed E-state index contributed by atoms with van der Waals surface area (Å²) in [7, 11) is 0. The van der Waals surface area contributed by atoms with Crippen molar-refractivity contribution in [3.63, 3.8) is 0 Å². The van der Waals surface area contributed by atoms with Gasteiger partial charge in [-0.25, -0.2) is 14.4 Å². The number of ether oxygens (including phenoxy) is 3. The molecular weight excluding hydrogens is 634 g/mol. The Morgan fingerprint density at radius 2 is 1.33 bits per heavy atom. The van der Waals surface area contributed by atoms with Gasteiger partial charge in [0.2, 0.25) is 5.91 Å². The molecule has 1 heterocycles. The molecule has 2 amide bonds. The first-order chi connectivity index (χ1) is 23.6. The number of esters is 2. The van der Waals surface area contributed by atoms with E-state index in [1.807, 2.05) is 0 Å². The van der Waals surface area contributed by atoms with Crippen LogP contribution in [0.5, 0.6) is 0 Å². The molecule has 0 radical (unpaired) electrons. The zero-order chi connectivity index (χ0) is 35.2. The largest absolute Gasteiger partial charge is 0.479 e. The van der Waals surface area contributed by atoms with Gasteiger partial charge < -0.3 is 41.0 Å². The number of nitrogens with one attached hydrogen (secondary N) is 1. The molecule has 1 fully saturated rings. The van der Waals surface area contributed by atoms with Gasteiger partial charge in [-0.15, -0.1) is 0 Å². The second-order valence-electron chi connectivity index (χ2n) is 11.3. The smallest absolute Gasteiger partial charge is 0.408 e. The number of alkyl carbamates (subject to hydrolysis) is 1. The van der Waals surface area contributed by atoms with Gasteiger partial charge in [0.25, 0.3) is 5.54 Å². The van der Waals surface area contributed by atoms with Crippen LogP contribution in [0.25, 0.3) is 0 Å². The highest BCUT2D eigenvalue weighted by Gasteiger charge is 2.67. The first kappa shape index (κ1) is 35.9. The fourth-order valence-electron chi connectivity index (χ4n) is 5.53. The monoisotopic (exact) mass is 673 g/mol. The number of carbonyl (C=O) groups is 5. The van der Waals surface area contributed by atoms with Crippen LogP contribution in [0, 0.1) is 5.92 Å². The molecule has 4 rings (SSSR count). The Labute approximate surface area is 283 Å². The van der Waals surface area contributed by atoms with Gasteiger partial charge in [-0.05, 0) is 36.0 Å². The maximum absolute atomic E-state index is 14.3. The number of rotatable bonds is 15. The molecule has 1 aliphatic rings. The van der Waals surface area contributed by atoms with Crippen LogP contribution in [-0.2, 0) is 53.2 Å². The van der Waals surface area contributed by atoms with Gasteiger partial charge in [-0.2, -0.15) is 0 Å². The summed E-state index contributed by atoms with van der Waals surface area (Å²) >= 11 is 0. The minimum Gasteiger partial charge on any atom is -0.479 e. The minimum atomic E-state index is -2.81. The lowest BCUT2D eigenvalue weighted by molar-refractivity contribution is -0.183. The first-order valence-corrected chi connectivity index (χ1v) is 15.6. The van der Waals surface area contributed by atoms with Gasteiger partial charge in [0.15, 0.2) is 5.96 Å². The van der Waals surface area contributed by atoms with E-state index in [9.17, 15) is 29.1 Å². The molecule has 1 saturated heterocycles. The molecule has 0 spiro atoms. The Kier molecular flexibility index (Phi) is 12.7. The summed E-state index contributed by atoms with van der Waals surface area (Å²) in [4.78, 5) is 72.7. The van der Waals surface area contributed by atoms with Gasteiger partial charge >= 0.3 is 24.0 Å². The number of aliphatic carboxylic acids is 1. The number of carbonyl (C=O) groups excluding carboxylic acids is 4. The van der Waals surface area contributed by atoms with Gasteiger partial charge in [-0.3, -0.25) is 14.6 Å². The topological polar surface area (TPSA) is 213 Å². The van der Waals surface area contributed by atoms with Gasteiger partial charge in [-0.1, -0.05) is 91.0 Å². The number of nitrogens with two attached hydrogens (primary N) is 2. The Morgan fingerprint density at radius 1 is 0.816 bits per heavy atom. The number of amides is 2. The Balaban J connectivity index is 1.63. The maximum atomic E-state index is 14.3. The summed E-state index contributed by atoms with van der Waals surface area (Å²) in [6.07, 6.45) is -1.08. The summed E-state index contributed by atoms with van der Waals surface area (Å²) < 4.78 is 16.3. The fourth-order valence-corrected chi connectivity index (χ4v) is 5.53. The molecule has 0 aromatic heterocycles. The van der Waals surface area contributed by atoms with E-state index < -0.39 is 47.4 Å². The summed E-state index contributed by atoms with van der Waals surface area (Å²) in [5, 5.41) is 13.2. The van der Waals surface area contributed by atoms with E-state index in [4.69, 9.17) is 25.7 Å². The maximum Gasteiger partial charge on any atom is 0.408 e. The number of aliphatic imine (C=N–C) groups is 1. The third kappa shape index (κ3) is 9.34. The van der Waals surface area contributed by atoms with E-state index in [1.54, 1.807) is 91.0 Å². The highest BCUT2D eigenvalue weighted by Crippen LogP contribution is 2.39. The van der Waals surface area contributed by atoms with E-state index in [-0.39, 0.29) is 58.1 Å². The Morgan fingerprint density at radius 3 is 1.84 bits per heavy atom. The third-order valence-electron chi connectivity index (χ3n) is 7.94. The highest BCUT2D eigenvalue weighted by atomic mass is 16.6. The molecule has 0 saturated carbocycles. The van der Waals surface area contributed by atoms with Gasteiger partial charge in [0.05, 0.1) is 0 Å². The molecule has 3 aromatic rings. The quantitative estimate of drug-likeness (QED) is 0.0459. The summed E-state index contributed by atoms with van der Waals surface area (Å²) in [6.45, 7) is -0.868. The van der Waals surface area contributed by atoms with E-state index in [0.717, 1.165) is 4.90 Å². The van der Waals surface area contributed by atoms with Crippen molar-refractivity contribution in [1.29, 1.82) is 0 Å². The van der Waals surface area contributed by atoms with Crippen LogP contribution < -0.4 is 16.8 Å². The molecule has 258 valence electrons. The zero-order valence-electron chi connectivity index (χ0n) is 26.7. The number of carboxylic acids is 1. The number of carboxylic acid groups (broad SMARTS) is 1. The van der Waals surface area contributed by atoms with Crippen molar-refractivity contribution >= 4 is 35.9 Å². The second-order valence-corrected chi connectivity index (χ2v) is 11.3. The van der Waals surface area contributed by atoms with Crippen molar-refractivity contribution in [2.45, 2.75) is 50.7 Å². The third-order valence-corrected chi connectivity index (χ3v) is 7.94. The number of guanidine groups is 1. The summed E-state index contributed by atoms with van der Waals surface area (Å²) in [5.41, 5.74) is 9.91. The lowest BCUT2D eigenvalue weighted by Gasteiger charge is -2.37. The van der Waals surface area contributed by atoms with Crippen molar-refractivity contribution in [3.8, 4) is 0 Å². The lowest BCUT2D eigenvalue weighted by Crippen LogP contribution is -2.66. The van der Waals surface area contributed by atoms with Crippen molar-refractivity contribution in [2.75, 3.05) is 13.1 Å². The number of benzene rings is 3. The van der Waals surface area contributed by atoms with E-state index in [0.29, 0.717) is 16.7 Å². The molecule has 0 aliphatic carbocycles. The first-order valence-electron chi connectivity index (χ1n) is 15.6. The average molecular weight is 674 g/mol. The predicted octanol–water partition coefficient (Wildman–Crippen LogP) is 2.49. The molecular formula is C35H39N5O9. The number of hydrogen-bond acceptors (Lipinski definition) is 9. The molecule has 14 heteroatoms.